The number of hydrogen-bond acceptors (Lipinski definition) is 3. The molecule has 0 amide bonds. The fourth-order valence-electron chi connectivity index (χ4n) is 1.39. The van der Waals surface area contributed by atoms with Crippen molar-refractivity contribution in [2.75, 3.05) is 33.4 Å². The van der Waals surface area contributed by atoms with Crippen molar-refractivity contribution in [3.63, 3.8) is 0 Å². The molecule has 12 heavy (non-hydrogen) atoms. The lowest BCUT2D eigenvalue weighted by atomic mass is 10.2. The maximum Gasteiger partial charge on any atom is 0.0707 e. The summed E-state index contributed by atoms with van der Waals surface area (Å²) in [5.41, 5.74) is 0. The van der Waals surface area contributed by atoms with Crippen molar-refractivity contribution in [1.29, 1.82) is 0 Å². The lowest BCUT2D eigenvalue weighted by molar-refractivity contribution is -0.170. The van der Waals surface area contributed by atoms with Crippen molar-refractivity contribution in [1.82, 2.24) is 5.06 Å². The Labute approximate surface area is 74.6 Å². The molecule has 1 heterocycles. The van der Waals surface area contributed by atoms with Crippen molar-refractivity contribution < 1.29 is 9.57 Å². The SMILES string of the molecule is COCCCON1CCCCC1. The average Bonchev–Trinajstić information content (AvgIpc) is 2.14. The third kappa shape index (κ3) is 4.04. The monoisotopic (exact) mass is 173 g/mol. The number of nitrogens with zero attached hydrogens (tertiary/aromatic N) is 1. The first-order valence-corrected chi connectivity index (χ1v) is 4.80. The fraction of sp³-hybridized carbons (Fsp3) is 1.00. The van der Waals surface area contributed by atoms with E-state index in [0.29, 0.717) is 0 Å². The summed E-state index contributed by atoms with van der Waals surface area (Å²) in [6.07, 6.45) is 4.92. The Morgan fingerprint density at radius 3 is 2.50 bits per heavy atom. The molecule has 3 nitrogen and oxygen atoms in total. The summed E-state index contributed by atoms with van der Waals surface area (Å²) in [6, 6.07) is 0. The van der Waals surface area contributed by atoms with Gasteiger partial charge in [0.1, 0.15) is 0 Å². The summed E-state index contributed by atoms with van der Waals surface area (Å²) in [6.45, 7) is 3.81. The highest BCUT2D eigenvalue weighted by Crippen LogP contribution is 2.08. The summed E-state index contributed by atoms with van der Waals surface area (Å²) in [5, 5.41) is 2.08. The molecule has 0 radical (unpaired) electrons. The molecule has 0 atom stereocenters. The van der Waals surface area contributed by atoms with Crippen molar-refractivity contribution in [2.24, 2.45) is 0 Å². The number of piperidine rings is 1. The van der Waals surface area contributed by atoms with Gasteiger partial charge in [0.15, 0.2) is 0 Å². The highest BCUT2D eigenvalue weighted by molar-refractivity contribution is 4.56. The molecule has 0 aromatic heterocycles. The molecular formula is C9H19NO2. The first-order valence-electron chi connectivity index (χ1n) is 4.80. The normalized spacial score (nSPS) is 19.8. The van der Waals surface area contributed by atoms with Crippen LogP contribution in [0.4, 0.5) is 0 Å². The van der Waals surface area contributed by atoms with Crippen LogP contribution in [0.25, 0.3) is 0 Å². The van der Waals surface area contributed by atoms with Crippen molar-refractivity contribution in [3.8, 4) is 0 Å². The zero-order chi connectivity index (χ0) is 8.65. The summed E-state index contributed by atoms with van der Waals surface area (Å²) >= 11 is 0. The van der Waals surface area contributed by atoms with Crippen LogP contribution in [0.1, 0.15) is 25.7 Å². The second-order valence-corrected chi connectivity index (χ2v) is 3.17. The van der Waals surface area contributed by atoms with Crippen LogP contribution in [0.3, 0.4) is 0 Å². The molecule has 0 aromatic carbocycles. The van der Waals surface area contributed by atoms with Crippen LogP contribution in [0.5, 0.6) is 0 Å². The molecule has 1 fully saturated rings. The Morgan fingerprint density at radius 2 is 1.83 bits per heavy atom. The third-order valence-corrected chi connectivity index (χ3v) is 2.08. The molecule has 1 aliphatic rings. The minimum atomic E-state index is 0.799. The highest BCUT2D eigenvalue weighted by Gasteiger charge is 2.09. The summed E-state index contributed by atoms with van der Waals surface area (Å²) in [4.78, 5) is 5.54. The Balaban J connectivity index is 1.91. The van der Waals surface area contributed by atoms with Gasteiger partial charge in [0.25, 0.3) is 0 Å². The molecule has 0 N–H and O–H groups in total. The zero-order valence-electron chi connectivity index (χ0n) is 7.92. The minimum absolute atomic E-state index is 0.799. The number of rotatable bonds is 5. The predicted molar refractivity (Wildman–Crippen MR) is 47.9 cm³/mol. The Morgan fingerprint density at radius 1 is 1.08 bits per heavy atom. The van der Waals surface area contributed by atoms with E-state index in [2.05, 4.69) is 5.06 Å². The number of methoxy groups -OCH3 is 1. The van der Waals surface area contributed by atoms with E-state index in [9.17, 15) is 0 Å². The average molecular weight is 173 g/mol. The lowest BCUT2D eigenvalue weighted by Gasteiger charge is -2.25. The maximum absolute atomic E-state index is 5.54. The van der Waals surface area contributed by atoms with Gasteiger partial charge < -0.3 is 4.74 Å². The van der Waals surface area contributed by atoms with E-state index in [1.165, 1.54) is 19.3 Å². The first kappa shape index (κ1) is 9.96. The van der Waals surface area contributed by atoms with Gasteiger partial charge in [0.2, 0.25) is 0 Å². The van der Waals surface area contributed by atoms with Crippen molar-refractivity contribution in [3.05, 3.63) is 0 Å². The number of hydroxylamine groups is 2. The molecule has 0 aromatic rings. The van der Waals surface area contributed by atoms with Crippen LogP contribution in [0, 0.1) is 0 Å². The van der Waals surface area contributed by atoms with Gasteiger partial charge >= 0.3 is 0 Å². The van der Waals surface area contributed by atoms with Crippen molar-refractivity contribution >= 4 is 0 Å². The summed E-state index contributed by atoms with van der Waals surface area (Å²) < 4.78 is 4.93. The van der Waals surface area contributed by atoms with E-state index in [1.807, 2.05) is 0 Å². The summed E-state index contributed by atoms with van der Waals surface area (Å²) in [7, 11) is 1.72. The summed E-state index contributed by atoms with van der Waals surface area (Å²) in [5.74, 6) is 0. The molecule has 0 unspecified atom stereocenters. The van der Waals surface area contributed by atoms with E-state index in [4.69, 9.17) is 9.57 Å². The molecule has 72 valence electrons. The molecule has 1 saturated heterocycles. The van der Waals surface area contributed by atoms with Crippen LogP contribution < -0.4 is 0 Å². The molecule has 0 saturated carbocycles. The van der Waals surface area contributed by atoms with Crippen LogP contribution in [0.2, 0.25) is 0 Å². The fourth-order valence-corrected chi connectivity index (χ4v) is 1.39. The molecule has 0 spiro atoms. The number of ether oxygens (including phenoxy) is 1. The zero-order valence-corrected chi connectivity index (χ0v) is 7.92. The van der Waals surface area contributed by atoms with Crippen LogP contribution in [-0.4, -0.2) is 38.5 Å². The van der Waals surface area contributed by atoms with Gasteiger partial charge in [-0.05, 0) is 19.3 Å². The number of hydrogen-bond donors (Lipinski definition) is 0. The van der Waals surface area contributed by atoms with Gasteiger partial charge in [-0.1, -0.05) is 6.42 Å². The second kappa shape index (κ2) is 6.40. The van der Waals surface area contributed by atoms with E-state index < -0.39 is 0 Å². The molecule has 0 bridgehead atoms. The van der Waals surface area contributed by atoms with E-state index in [1.54, 1.807) is 7.11 Å². The Kier molecular flexibility index (Phi) is 5.32. The standard InChI is InChI=1S/C9H19NO2/c1-11-8-5-9-12-10-6-3-2-4-7-10/h2-9H2,1H3. The third-order valence-electron chi connectivity index (χ3n) is 2.08. The quantitative estimate of drug-likeness (QED) is 0.587. The maximum atomic E-state index is 5.54. The Bertz CT molecular complexity index is 103. The van der Waals surface area contributed by atoms with Gasteiger partial charge in [-0.3, -0.25) is 4.84 Å². The van der Waals surface area contributed by atoms with Gasteiger partial charge in [0, 0.05) is 26.8 Å². The molecule has 1 aliphatic heterocycles. The highest BCUT2D eigenvalue weighted by atomic mass is 16.7. The molecule has 0 aliphatic carbocycles. The van der Waals surface area contributed by atoms with E-state index >= 15 is 0 Å². The molecule has 3 heteroatoms. The molecule has 1 rings (SSSR count). The van der Waals surface area contributed by atoms with E-state index in [0.717, 1.165) is 32.7 Å². The minimum Gasteiger partial charge on any atom is -0.385 e. The van der Waals surface area contributed by atoms with Crippen LogP contribution >= 0.6 is 0 Å². The van der Waals surface area contributed by atoms with Gasteiger partial charge in [0.05, 0.1) is 6.61 Å². The second-order valence-electron chi connectivity index (χ2n) is 3.17. The first-order chi connectivity index (χ1) is 5.93. The van der Waals surface area contributed by atoms with Crippen LogP contribution in [0.15, 0.2) is 0 Å². The van der Waals surface area contributed by atoms with Gasteiger partial charge in [-0.25, -0.2) is 0 Å². The predicted octanol–water partition coefficient (Wildman–Crippen LogP) is 1.44. The van der Waals surface area contributed by atoms with Gasteiger partial charge in [-0.2, -0.15) is 5.06 Å². The van der Waals surface area contributed by atoms with E-state index in [-0.39, 0.29) is 0 Å². The largest absolute Gasteiger partial charge is 0.385 e. The van der Waals surface area contributed by atoms with Gasteiger partial charge in [-0.15, -0.1) is 0 Å². The topological polar surface area (TPSA) is 21.7 Å². The molecular weight excluding hydrogens is 154 g/mol. The Hall–Kier alpha value is -0.120. The lowest BCUT2D eigenvalue weighted by Crippen LogP contribution is -2.30. The smallest absolute Gasteiger partial charge is 0.0707 e. The van der Waals surface area contributed by atoms with Crippen molar-refractivity contribution in [2.45, 2.75) is 25.7 Å². The van der Waals surface area contributed by atoms with Crippen LogP contribution in [-0.2, 0) is 9.57 Å².